The molecule has 2 heterocycles. The van der Waals surface area contributed by atoms with E-state index in [9.17, 15) is 8.42 Å². The van der Waals surface area contributed by atoms with E-state index in [1.807, 2.05) is 13.0 Å². The van der Waals surface area contributed by atoms with Gasteiger partial charge in [-0.05, 0) is 44.9 Å². The summed E-state index contributed by atoms with van der Waals surface area (Å²) in [5, 5.41) is 9.71. The van der Waals surface area contributed by atoms with Crippen molar-refractivity contribution >= 4 is 32.8 Å². The molecule has 0 atom stereocenters. The Labute approximate surface area is 188 Å². The summed E-state index contributed by atoms with van der Waals surface area (Å²) in [6.45, 7) is 4.87. The van der Waals surface area contributed by atoms with Crippen LogP contribution in [-0.4, -0.2) is 51.1 Å². The third-order valence-corrected chi connectivity index (χ3v) is 8.75. The van der Waals surface area contributed by atoms with E-state index in [-0.39, 0.29) is 4.90 Å². The molecule has 0 N–H and O–H groups in total. The summed E-state index contributed by atoms with van der Waals surface area (Å²) in [6, 6.07) is 5.66. The minimum absolute atomic E-state index is 0.262. The fourth-order valence-electron chi connectivity index (χ4n) is 4.33. The van der Waals surface area contributed by atoms with Gasteiger partial charge >= 0.3 is 0 Å². The number of hydrogen-bond acceptors (Lipinski definition) is 6. The number of imidazole rings is 1. The molecule has 10 heteroatoms. The van der Waals surface area contributed by atoms with Crippen LogP contribution < -0.4 is 0 Å². The summed E-state index contributed by atoms with van der Waals surface area (Å²) in [5.41, 5.74) is 1.64. The van der Waals surface area contributed by atoms with Crippen molar-refractivity contribution in [3.63, 3.8) is 0 Å². The van der Waals surface area contributed by atoms with Crippen molar-refractivity contribution in [2.75, 3.05) is 14.1 Å². The van der Waals surface area contributed by atoms with Gasteiger partial charge < -0.3 is 9.13 Å². The maximum Gasteiger partial charge on any atom is 0.242 e. The molecule has 0 aliphatic heterocycles. The molecule has 0 bridgehead atoms. The molecule has 8 nitrogen and oxygen atoms in total. The number of hydrogen-bond donors (Lipinski definition) is 0. The van der Waals surface area contributed by atoms with Crippen molar-refractivity contribution in [3.8, 4) is 0 Å². The highest BCUT2D eigenvalue weighted by atomic mass is 32.2. The van der Waals surface area contributed by atoms with Crippen molar-refractivity contribution in [1.29, 1.82) is 0 Å². The first-order valence-electron chi connectivity index (χ1n) is 10.8. The molecule has 1 saturated carbocycles. The minimum atomic E-state index is -3.49. The Morgan fingerprint density at radius 3 is 2.58 bits per heavy atom. The molecule has 0 unspecified atom stereocenters. The van der Waals surface area contributed by atoms with Gasteiger partial charge in [0.1, 0.15) is 11.6 Å². The third-order valence-electron chi connectivity index (χ3n) is 6.00. The van der Waals surface area contributed by atoms with Crippen LogP contribution in [0.2, 0.25) is 0 Å². The molecule has 1 fully saturated rings. The topological polar surface area (TPSA) is 85.9 Å². The molecule has 0 amide bonds. The van der Waals surface area contributed by atoms with Gasteiger partial charge in [0.25, 0.3) is 0 Å². The Bertz CT molecular complexity index is 1180. The largest absolute Gasteiger partial charge is 0.328 e. The molecular formula is C21H30N6O2S2. The monoisotopic (exact) mass is 462 g/mol. The summed E-state index contributed by atoms with van der Waals surface area (Å²) in [6.07, 6.45) is 6.20. The molecule has 4 rings (SSSR count). The first-order chi connectivity index (χ1) is 14.8. The molecule has 31 heavy (non-hydrogen) atoms. The van der Waals surface area contributed by atoms with Crippen molar-refractivity contribution < 1.29 is 8.42 Å². The highest BCUT2D eigenvalue weighted by Gasteiger charge is 2.23. The van der Waals surface area contributed by atoms with Gasteiger partial charge in [0.05, 0.1) is 21.7 Å². The van der Waals surface area contributed by atoms with E-state index in [0.717, 1.165) is 28.9 Å². The van der Waals surface area contributed by atoms with E-state index in [4.69, 9.17) is 4.98 Å². The summed E-state index contributed by atoms with van der Waals surface area (Å²) in [7, 11) is -0.415. The summed E-state index contributed by atoms with van der Waals surface area (Å²) < 4.78 is 30.7. The Morgan fingerprint density at radius 2 is 1.90 bits per heavy atom. The van der Waals surface area contributed by atoms with Gasteiger partial charge in [-0.25, -0.2) is 17.7 Å². The molecule has 1 aliphatic carbocycles. The second-order valence-corrected chi connectivity index (χ2v) is 11.3. The Balaban J connectivity index is 1.62. The Hall–Kier alpha value is -1.91. The van der Waals surface area contributed by atoms with E-state index in [1.165, 1.54) is 50.5 Å². The van der Waals surface area contributed by atoms with E-state index in [0.29, 0.717) is 17.3 Å². The number of aromatic nitrogens is 5. The first-order valence-corrected chi connectivity index (χ1v) is 13.2. The van der Waals surface area contributed by atoms with Crippen LogP contribution in [0.5, 0.6) is 0 Å². The molecular weight excluding hydrogens is 432 g/mol. The zero-order valence-corrected chi connectivity index (χ0v) is 20.2. The van der Waals surface area contributed by atoms with Gasteiger partial charge in [0.15, 0.2) is 5.16 Å². The lowest BCUT2D eigenvalue weighted by Gasteiger charge is -2.24. The summed E-state index contributed by atoms with van der Waals surface area (Å²) in [5.74, 6) is 2.54. The van der Waals surface area contributed by atoms with E-state index in [2.05, 4.69) is 26.3 Å². The molecule has 0 saturated heterocycles. The van der Waals surface area contributed by atoms with Gasteiger partial charge in [-0.3, -0.25) is 0 Å². The SMILES string of the molecule is CCn1c(CSc2nnc(C)n2C2CCCCC2)nc2cc(S(=O)(=O)N(C)C)ccc21. The van der Waals surface area contributed by atoms with Crippen LogP contribution in [0.25, 0.3) is 11.0 Å². The van der Waals surface area contributed by atoms with Crippen molar-refractivity contribution in [2.45, 2.75) is 74.3 Å². The lowest BCUT2D eigenvalue weighted by molar-refractivity contribution is 0.332. The van der Waals surface area contributed by atoms with Crippen LogP contribution in [0, 0.1) is 6.92 Å². The number of rotatable bonds is 7. The highest BCUT2D eigenvalue weighted by molar-refractivity contribution is 7.98. The molecule has 2 aromatic heterocycles. The normalized spacial score (nSPS) is 15.9. The van der Waals surface area contributed by atoms with Gasteiger partial charge in [-0.15, -0.1) is 10.2 Å². The van der Waals surface area contributed by atoms with Gasteiger partial charge in [-0.2, -0.15) is 0 Å². The summed E-state index contributed by atoms with van der Waals surface area (Å²) >= 11 is 1.65. The van der Waals surface area contributed by atoms with Crippen molar-refractivity contribution in [2.24, 2.45) is 0 Å². The smallest absolute Gasteiger partial charge is 0.242 e. The maximum absolute atomic E-state index is 12.5. The lowest BCUT2D eigenvalue weighted by Crippen LogP contribution is -2.22. The number of thioether (sulfide) groups is 1. The Morgan fingerprint density at radius 1 is 1.16 bits per heavy atom. The fraction of sp³-hybridized carbons (Fsp3) is 0.571. The minimum Gasteiger partial charge on any atom is -0.328 e. The van der Waals surface area contributed by atoms with Crippen LogP contribution in [-0.2, 0) is 22.3 Å². The number of sulfonamides is 1. The fourth-order valence-corrected chi connectivity index (χ4v) is 6.25. The molecule has 0 radical (unpaired) electrons. The predicted octanol–water partition coefficient (Wildman–Crippen LogP) is 4.00. The maximum atomic E-state index is 12.5. The summed E-state index contributed by atoms with van der Waals surface area (Å²) in [4.78, 5) is 5.04. The van der Waals surface area contributed by atoms with Crippen LogP contribution in [0.1, 0.15) is 56.7 Å². The van der Waals surface area contributed by atoms with Crippen LogP contribution >= 0.6 is 11.8 Å². The number of fused-ring (bicyclic) bond motifs is 1. The average molecular weight is 463 g/mol. The van der Waals surface area contributed by atoms with Crippen LogP contribution in [0.3, 0.4) is 0 Å². The molecule has 168 valence electrons. The number of nitrogens with zero attached hydrogens (tertiary/aromatic N) is 6. The number of benzene rings is 1. The highest BCUT2D eigenvalue weighted by Crippen LogP contribution is 2.33. The zero-order chi connectivity index (χ0) is 22.2. The second kappa shape index (κ2) is 8.91. The molecule has 3 aromatic rings. The van der Waals surface area contributed by atoms with Crippen LogP contribution in [0.4, 0.5) is 0 Å². The van der Waals surface area contributed by atoms with Gasteiger partial charge in [0.2, 0.25) is 10.0 Å². The van der Waals surface area contributed by atoms with E-state index >= 15 is 0 Å². The van der Waals surface area contributed by atoms with Gasteiger partial charge in [-0.1, -0.05) is 31.0 Å². The predicted molar refractivity (Wildman–Crippen MR) is 123 cm³/mol. The molecule has 0 spiro atoms. The number of aryl methyl sites for hydroxylation is 2. The quantitative estimate of drug-likeness (QED) is 0.493. The first kappa shape index (κ1) is 22.3. The molecule has 1 aliphatic rings. The standard InChI is InChI=1S/C21H30N6O2S2/c1-5-26-19-12-11-17(31(28,29)25(3)4)13-18(19)22-20(26)14-30-21-24-23-15(2)27(21)16-9-7-6-8-10-16/h11-13,16H,5-10,14H2,1-4H3. The average Bonchev–Trinajstić information content (AvgIpc) is 3.31. The molecule has 1 aromatic carbocycles. The van der Waals surface area contributed by atoms with Crippen molar-refractivity contribution in [1.82, 2.24) is 28.6 Å². The van der Waals surface area contributed by atoms with E-state index in [1.54, 1.807) is 23.9 Å². The van der Waals surface area contributed by atoms with E-state index < -0.39 is 10.0 Å². The second-order valence-electron chi connectivity index (χ2n) is 8.19. The zero-order valence-electron chi connectivity index (χ0n) is 18.6. The lowest BCUT2D eigenvalue weighted by atomic mass is 9.95. The van der Waals surface area contributed by atoms with Gasteiger partial charge in [0, 0.05) is 26.7 Å². The third kappa shape index (κ3) is 4.25. The van der Waals surface area contributed by atoms with Crippen LogP contribution in [0.15, 0.2) is 28.3 Å². The van der Waals surface area contributed by atoms with Crippen molar-refractivity contribution in [3.05, 3.63) is 29.8 Å². The Kier molecular flexibility index (Phi) is 6.41.